The van der Waals surface area contributed by atoms with E-state index in [9.17, 15) is 4.79 Å². The first-order chi connectivity index (χ1) is 8.29. The van der Waals surface area contributed by atoms with Gasteiger partial charge in [-0.15, -0.1) is 0 Å². The smallest absolute Gasteiger partial charge is 0.162 e. The molecule has 1 aromatic carbocycles. The molecule has 3 rings (SSSR count). The minimum Gasteiger partial charge on any atom is -0.371 e. The van der Waals surface area contributed by atoms with E-state index in [2.05, 4.69) is 17.0 Å². The first kappa shape index (κ1) is 10.8. The summed E-state index contributed by atoms with van der Waals surface area (Å²) in [6, 6.07) is 4.28. The van der Waals surface area contributed by atoms with Crippen LogP contribution in [0.25, 0.3) is 0 Å². The highest BCUT2D eigenvalue weighted by molar-refractivity contribution is 5.97. The Balaban J connectivity index is 2.11. The molecule has 0 unspecified atom stereocenters. The molecule has 17 heavy (non-hydrogen) atoms. The lowest BCUT2D eigenvalue weighted by Gasteiger charge is -2.37. The molecule has 0 N–H and O–H groups in total. The molecule has 0 amide bonds. The van der Waals surface area contributed by atoms with Crippen molar-refractivity contribution in [2.24, 2.45) is 0 Å². The van der Waals surface area contributed by atoms with Gasteiger partial charge in [0.05, 0.1) is 0 Å². The highest BCUT2D eigenvalue weighted by Crippen LogP contribution is 2.36. The zero-order chi connectivity index (χ0) is 11.8. The van der Waals surface area contributed by atoms with Gasteiger partial charge in [-0.25, -0.2) is 0 Å². The lowest BCUT2D eigenvalue weighted by atomic mass is 9.89. The van der Waals surface area contributed by atoms with Gasteiger partial charge in [-0.2, -0.15) is 0 Å². The lowest BCUT2D eigenvalue weighted by molar-refractivity contribution is 0.0988. The summed E-state index contributed by atoms with van der Waals surface area (Å²) in [6.07, 6.45) is 5.36. The maximum absolute atomic E-state index is 11.9. The fraction of sp³-hybridized carbons (Fsp3) is 0.533. The topological polar surface area (TPSA) is 20.3 Å². The summed E-state index contributed by atoms with van der Waals surface area (Å²) in [4.78, 5) is 14.4. The molecule has 2 aliphatic heterocycles. The Bertz CT molecular complexity index is 433. The molecule has 0 saturated heterocycles. The maximum atomic E-state index is 11.9. The molecule has 0 aromatic heterocycles. The summed E-state index contributed by atoms with van der Waals surface area (Å²) in [5, 5.41) is 0. The quantitative estimate of drug-likeness (QED) is 0.727. The van der Waals surface area contributed by atoms with E-state index in [0.717, 1.165) is 18.4 Å². The van der Waals surface area contributed by atoms with Gasteiger partial charge in [-0.1, -0.05) is 6.92 Å². The third-order valence-electron chi connectivity index (χ3n) is 3.98. The Morgan fingerprint density at radius 2 is 1.76 bits per heavy atom. The van der Waals surface area contributed by atoms with Gasteiger partial charge in [-0.05, 0) is 48.9 Å². The Labute approximate surface area is 103 Å². The van der Waals surface area contributed by atoms with Gasteiger partial charge in [0.15, 0.2) is 5.78 Å². The normalized spacial score (nSPS) is 17.8. The van der Waals surface area contributed by atoms with Crippen LogP contribution in [-0.2, 0) is 12.8 Å². The molecular weight excluding hydrogens is 210 g/mol. The zero-order valence-electron chi connectivity index (χ0n) is 10.5. The molecule has 2 heteroatoms. The Kier molecular flexibility index (Phi) is 2.65. The molecule has 0 saturated carbocycles. The maximum Gasteiger partial charge on any atom is 0.162 e. The van der Waals surface area contributed by atoms with Crippen LogP contribution in [0.15, 0.2) is 12.1 Å². The van der Waals surface area contributed by atoms with Crippen molar-refractivity contribution in [2.45, 2.75) is 39.0 Å². The number of nitrogens with zero attached hydrogens (tertiary/aromatic N) is 1. The van der Waals surface area contributed by atoms with Crippen LogP contribution in [0, 0.1) is 0 Å². The monoisotopic (exact) mass is 229 g/mol. The molecule has 0 fully saturated rings. The minimum atomic E-state index is 0.284. The number of Topliss-reactive ketones (excluding diaryl/α,β-unsaturated/α-hetero) is 1. The highest BCUT2D eigenvalue weighted by atomic mass is 16.1. The van der Waals surface area contributed by atoms with Crippen molar-refractivity contribution in [3.63, 3.8) is 0 Å². The number of carbonyl (C=O) groups excluding carboxylic acids is 1. The molecule has 0 radical (unpaired) electrons. The predicted molar refractivity (Wildman–Crippen MR) is 69.9 cm³/mol. The molecule has 2 aliphatic rings. The first-order valence-electron chi connectivity index (χ1n) is 6.73. The number of carbonyl (C=O) groups is 1. The van der Waals surface area contributed by atoms with Gasteiger partial charge < -0.3 is 4.90 Å². The van der Waals surface area contributed by atoms with E-state index in [1.54, 1.807) is 0 Å². The fourth-order valence-electron chi connectivity index (χ4n) is 3.17. The number of ketones is 1. The second kappa shape index (κ2) is 4.17. The fourth-order valence-corrected chi connectivity index (χ4v) is 3.17. The largest absolute Gasteiger partial charge is 0.371 e. The van der Waals surface area contributed by atoms with Crippen LogP contribution < -0.4 is 4.90 Å². The van der Waals surface area contributed by atoms with Crippen LogP contribution in [0.5, 0.6) is 0 Å². The standard InChI is InChI=1S/C15H19NO/c1-2-14(17)13-9-11-5-3-7-16-8-4-6-12(10-13)15(11)16/h9-10H,2-8H2,1H3. The van der Waals surface area contributed by atoms with Crippen molar-refractivity contribution in [2.75, 3.05) is 18.0 Å². The number of anilines is 1. The van der Waals surface area contributed by atoms with E-state index in [1.165, 1.54) is 42.7 Å². The van der Waals surface area contributed by atoms with Crippen molar-refractivity contribution in [1.29, 1.82) is 0 Å². The van der Waals surface area contributed by atoms with E-state index in [4.69, 9.17) is 0 Å². The average molecular weight is 229 g/mol. The Morgan fingerprint density at radius 1 is 1.18 bits per heavy atom. The third kappa shape index (κ3) is 1.76. The number of hydrogen-bond donors (Lipinski definition) is 0. The second-order valence-electron chi connectivity index (χ2n) is 5.11. The third-order valence-corrected chi connectivity index (χ3v) is 3.98. The van der Waals surface area contributed by atoms with Gasteiger partial charge in [0.1, 0.15) is 0 Å². The van der Waals surface area contributed by atoms with Crippen molar-refractivity contribution in [1.82, 2.24) is 0 Å². The second-order valence-corrected chi connectivity index (χ2v) is 5.11. The average Bonchev–Trinajstić information content (AvgIpc) is 2.38. The Hall–Kier alpha value is -1.31. The van der Waals surface area contributed by atoms with Gasteiger partial charge in [0.25, 0.3) is 0 Å². The van der Waals surface area contributed by atoms with E-state index in [-0.39, 0.29) is 5.78 Å². The highest BCUT2D eigenvalue weighted by Gasteiger charge is 2.24. The number of rotatable bonds is 2. The molecular formula is C15H19NO. The molecule has 0 bridgehead atoms. The van der Waals surface area contributed by atoms with Crippen LogP contribution in [0.3, 0.4) is 0 Å². The predicted octanol–water partition coefficient (Wildman–Crippen LogP) is 2.98. The van der Waals surface area contributed by atoms with Crippen LogP contribution in [0.4, 0.5) is 5.69 Å². The molecule has 0 aliphatic carbocycles. The minimum absolute atomic E-state index is 0.284. The first-order valence-corrected chi connectivity index (χ1v) is 6.73. The van der Waals surface area contributed by atoms with E-state index in [0.29, 0.717) is 6.42 Å². The van der Waals surface area contributed by atoms with Gasteiger partial charge in [0, 0.05) is 30.8 Å². The van der Waals surface area contributed by atoms with Crippen molar-refractivity contribution in [3.05, 3.63) is 28.8 Å². The number of benzene rings is 1. The number of hydrogen-bond acceptors (Lipinski definition) is 2. The molecule has 1 aromatic rings. The SMILES string of the molecule is CCC(=O)c1cc2c3c(c1)CCCN3CCC2. The van der Waals surface area contributed by atoms with Crippen molar-refractivity contribution < 1.29 is 4.79 Å². The summed E-state index contributed by atoms with van der Waals surface area (Å²) in [7, 11) is 0. The summed E-state index contributed by atoms with van der Waals surface area (Å²) in [6.45, 7) is 4.34. The van der Waals surface area contributed by atoms with Crippen molar-refractivity contribution in [3.8, 4) is 0 Å². The molecule has 2 nitrogen and oxygen atoms in total. The van der Waals surface area contributed by atoms with E-state index in [1.807, 2.05) is 6.92 Å². The summed E-state index contributed by atoms with van der Waals surface area (Å²) in [5.74, 6) is 0.284. The zero-order valence-corrected chi connectivity index (χ0v) is 10.5. The summed E-state index contributed by atoms with van der Waals surface area (Å²) in [5.41, 5.74) is 5.20. The van der Waals surface area contributed by atoms with Crippen LogP contribution in [0.1, 0.15) is 47.7 Å². The molecule has 90 valence electrons. The lowest BCUT2D eigenvalue weighted by Crippen LogP contribution is -2.34. The molecule has 0 atom stereocenters. The molecule has 0 spiro atoms. The van der Waals surface area contributed by atoms with E-state index >= 15 is 0 Å². The Morgan fingerprint density at radius 3 is 2.29 bits per heavy atom. The van der Waals surface area contributed by atoms with Crippen LogP contribution in [-0.4, -0.2) is 18.9 Å². The summed E-state index contributed by atoms with van der Waals surface area (Å²) >= 11 is 0. The van der Waals surface area contributed by atoms with Gasteiger partial charge in [-0.3, -0.25) is 4.79 Å². The number of aryl methyl sites for hydroxylation is 2. The summed E-state index contributed by atoms with van der Waals surface area (Å²) < 4.78 is 0. The molecule has 2 heterocycles. The van der Waals surface area contributed by atoms with Gasteiger partial charge in [0.2, 0.25) is 0 Å². The van der Waals surface area contributed by atoms with Crippen LogP contribution >= 0.6 is 0 Å². The van der Waals surface area contributed by atoms with Crippen LogP contribution in [0.2, 0.25) is 0 Å². The van der Waals surface area contributed by atoms with E-state index < -0.39 is 0 Å². The van der Waals surface area contributed by atoms with Gasteiger partial charge >= 0.3 is 0 Å². The van der Waals surface area contributed by atoms with Crippen molar-refractivity contribution >= 4 is 11.5 Å².